The minimum atomic E-state index is -0.0316. The number of carbonyl (C=O) groups excluding carboxylic acids is 1. The molecule has 2 N–H and O–H groups in total. The second-order valence-corrected chi connectivity index (χ2v) is 9.54. The van der Waals surface area contributed by atoms with Gasteiger partial charge in [-0.3, -0.25) is 14.6 Å². The summed E-state index contributed by atoms with van der Waals surface area (Å²) in [6, 6.07) is 14.6. The lowest BCUT2D eigenvalue weighted by atomic mass is 9.99. The highest BCUT2D eigenvalue weighted by atomic mass is 16.5. The standard InChI is InChI=1S/C27H34N6O2/c1-19(20-8-4-3-5-9-20)30-27-22-14-24(25(35-2)15-23(22)28-18-29-27)31-26(34)17-32-12-13-33-11-7-6-10-21(33)16-32/h3-5,8-9,14-15,18-19,21H,6-7,10-13,16-17H2,1-2H3,(H,31,34)(H,28,29,30). The van der Waals surface area contributed by atoms with Crippen molar-refractivity contribution in [3.05, 3.63) is 54.4 Å². The third kappa shape index (κ3) is 5.39. The first kappa shape index (κ1) is 23.5. The highest BCUT2D eigenvalue weighted by molar-refractivity contribution is 5.99. The second kappa shape index (κ2) is 10.6. The molecule has 8 nitrogen and oxygen atoms in total. The van der Waals surface area contributed by atoms with Gasteiger partial charge in [-0.1, -0.05) is 36.8 Å². The third-order valence-corrected chi connectivity index (χ3v) is 7.17. The number of nitrogens with one attached hydrogen (secondary N) is 2. The van der Waals surface area contributed by atoms with Gasteiger partial charge in [-0.2, -0.15) is 0 Å². The number of anilines is 2. The summed E-state index contributed by atoms with van der Waals surface area (Å²) in [6.07, 6.45) is 5.36. The number of aromatic nitrogens is 2. The monoisotopic (exact) mass is 474 g/mol. The van der Waals surface area contributed by atoms with E-state index in [1.54, 1.807) is 13.4 Å². The quantitative estimate of drug-likeness (QED) is 0.537. The Morgan fingerprint density at radius 1 is 1.14 bits per heavy atom. The number of methoxy groups -OCH3 is 1. The van der Waals surface area contributed by atoms with Crippen LogP contribution in [0.25, 0.3) is 10.9 Å². The van der Waals surface area contributed by atoms with Crippen molar-refractivity contribution >= 4 is 28.3 Å². The van der Waals surface area contributed by atoms with Crippen molar-refractivity contribution in [3.63, 3.8) is 0 Å². The van der Waals surface area contributed by atoms with Gasteiger partial charge in [-0.15, -0.1) is 0 Å². The lowest BCUT2D eigenvalue weighted by Crippen LogP contribution is -2.55. The lowest BCUT2D eigenvalue weighted by Gasteiger charge is -2.43. The van der Waals surface area contributed by atoms with E-state index in [2.05, 4.69) is 49.5 Å². The first-order chi connectivity index (χ1) is 17.1. The Morgan fingerprint density at radius 2 is 2.00 bits per heavy atom. The van der Waals surface area contributed by atoms with Crippen LogP contribution in [0.2, 0.25) is 0 Å². The van der Waals surface area contributed by atoms with Crippen LogP contribution in [0, 0.1) is 0 Å². The van der Waals surface area contributed by atoms with Gasteiger partial charge < -0.3 is 15.4 Å². The van der Waals surface area contributed by atoms with Crippen molar-refractivity contribution in [3.8, 4) is 5.75 Å². The van der Waals surface area contributed by atoms with Gasteiger partial charge in [0.25, 0.3) is 0 Å². The molecule has 0 radical (unpaired) electrons. The normalized spacial score (nSPS) is 19.7. The fourth-order valence-corrected chi connectivity index (χ4v) is 5.25. The van der Waals surface area contributed by atoms with Gasteiger partial charge in [0.2, 0.25) is 5.91 Å². The molecule has 3 heterocycles. The molecule has 2 aliphatic heterocycles. The van der Waals surface area contributed by atoms with Crippen LogP contribution in [-0.2, 0) is 4.79 Å². The maximum Gasteiger partial charge on any atom is 0.238 e. The van der Waals surface area contributed by atoms with Crippen LogP contribution in [-0.4, -0.2) is 71.6 Å². The highest BCUT2D eigenvalue weighted by Gasteiger charge is 2.29. The van der Waals surface area contributed by atoms with Gasteiger partial charge in [0, 0.05) is 43.2 Å². The Bertz CT molecular complexity index is 1170. The van der Waals surface area contributed by atoms with Crippen LogP contribution in [0.3, 0.4) is 0 Å². The fraction of sp³-hybridized carbons (Fsp3) is 0.444. The van der Waals surface area contributed by atoms with E-state index in [0.29, 0.717) is 24.0 Å². The zero-order valence-electron chi connectivity index (χ0n) is 20.5. The predicted octanol–water partition coefficient (Wildman–Crippen LogP) is 3.92. The molecule has 0 spiro atoms. The Hall–Kier alpha value is -3.23. The van der Waals surface area contributed by atoms with Crippen molar-refractivity contribution in [2.75, 3.05) is 50.5 Å². The molecule has 2 aliphatic rings. The Balaban J connectivity index is 1.32. The van der Waals surface area contributed by atoms with Gasteiger partial charge in [-0.05, 0) is 37.9 Å². The third-order valence-electron chi connectivity index (χ3n) is 7.17. The average Bonchev–Trinajstić information content (AvgIpc) is 2.89. The maximum atomic E-state index is 13.0. The minimum Gasteiger partial charge on any atom is -0.494 e. The summed E-state index contributed by atoms with van der Waals surface area (Å²) >= 11 is 0. The number of nitrogens with zero attached hydrogens (tertiary/aromatic N) is 4. The molecule has 2 unspecified atom stereocenters. The summed E-state index contributed by atoms with van der Waals surface area (Å²) in [7, 11) is 1.61. The van der Waals surface area contributed by atoms with E-state index in [4.69, 9.17) is 4.74 Å². The number of piperidine rings is 1. The fourth-order valence-electron chi connectivity index (χ4n) is 5.25. The van der Waals surface area contributed by atoms with Crippen LogP contribution in [0.15, 0.2) is 48.8 Å². The van der Waals surface area contributed by atoms with Crippen molar-refractivity contribution < 1.29 is 9.53 Å². The number of carbonyl (C=O) groups is 1. The summed E-state index contributed by atoms with van der Waals surface area (Å²) in [4.78, 5) is 26.8. The van der Waals surface area contributed by atoms with Gasteiger partial charge >= 0.3 is 0 Å². The molecule has 2 atom stereocenters. The van der Waals surface area contributed by atoms with Gasteiger partial charge in [-0.25, -0.2) is 9.97 Å². The van der Waals surface area contributed by atoms with Crippen molar-refractivity contribution in [2.45, 2.75) is 38.3 Å². The van der Waals surface area contributed by atoms with Crippen LogP contribution < -0.4 is 15.4 Å². The highest BCUT2D eigenvalue weighted by Crippen LogP contribution is 2.33. The average molecular weight is 475 g/mol. The number of piperazine rings is 1. The first-order valence-corrected chi connectivity index (χ1v) is 12.5. The molecular formula is C27H34N6O2. The summed E-state index contributed by atoms with van der Waals surface area (Å²) in [5, 5.41) is 7.41. The SMILES string of the molecule is COc1cc2ncnc(NC(C)c3ccccc3)c2cc1NC(=O)CN1CCN2CCCCC2C1. The molecule has 1 aromatic heterocycles. The summed E-state index contributed by atoms with van der Waals surface area (Å²) in [6.45, 7) is 6.61. The second-order valence-electron chi connectivity index (χ2n) is 9.54. The molecule has 184 valence electrons. The number of fused-ring (bicyclic) bond motifs is 2. The van der Waals surface area contributed by atoms with Crippen LogP contribution in [0.5, 0.6) is 5.75 Å². The van der Waals surface area contributed by atoms with Crippen molar-refractivity contribution in [1.82, 2.24) is 19.8 Å². The topological polar surface area (TPSA) is 82.6 Å². The molecule has 0 bridgehead atoms. The molecule has 8 heteroatoms. The largest absolute Gasteiger partial charge is 0.494 e. The van der Waals surface area contributed by atoms with Crippen LogP contribution >= 0.6 is 0 Å². The molecule has 35 heavy (non-hydrogen) atoms. The summed E-state index contributed by atoms with van der Waals surface area (Å²) in [5.74, 6) is 1.28. The molecule has 2 aromatic carbocycles. The molecule has 3 aromatic rings. The molecular weight excluding hydrogens is 440 g/mol. The lowest BCUT2D eigenvalue weighted by molar-refractivity contribution is -0.118. The molecule has 2 saturated heterocycles. The van der Waals surface area contributed by atoms with Crippen LogP contribution in [0.1, 0.15) is 37.8 Å². The minimum absolute atomic E-state index is 0.0316. The Morgan fingerprint density at radius 3 is 2.83 bits per heavy atom. The van der Waals surface area contributed by atoms with Gasteiger partial charge in [0.15, 0.2) is 0 Å². The van der Waals surface area contributed by atoms with E-state index in [0.717, 1.165) is 36.4 Å². The zero-order valence-corrected chi connectivity index (χ0v) is 20.5. The number of rotatable bonds is 7. The Kier molecular flexibility index (Phi) is 7.11. The smallest absolute Gasteiger partial charge is 0.238 e. The zero-order chi connectivity index (χ0) is 24.2. The molecule has 5 rings (SSSR count). The van der Waals surface area contributed by atoms with E-state index in [9.17, 15) is 4.79 Å². The first-order valence-electron chi connectivity index (χ1n) is 12.5. The molecule has 0 aliphatic carbocycles. The number of benzene rings is 2. The van der Waals surface area contributed by atoms with E-state index >= 15 is 0 Å². The number of amides is 1. The number of hydrogen-bond acceptors (Lipinski definition) is 7. The summed E-state index contributed by atoms with van der Waals surface area (Å²) < 4.78 is 5.59. The number of hydrogen-bond donors (Lipinski definition) is 2. The molecule has 1 amide bonds. The predicted molar refractivity (Wildman–Crippen MR) is 139 cm³/mol. The van der Waals surface area contributed by atoms with E-state index in [-0.39, 0.29) is 11.9 Å². The van der Waals surface area contributed by atoms with Crippen molar-refractivity contribution in [2.24, 2.45) is 0 Å². The molecule has 2 fully saturated rings. The molecule has 0 saturated carbocycles. The Labute approximate surface area is 206 Å². The summed E-state index contributed by atoms with van der Waals surface area (Å²) in [5.41, 5.74) is 2.55. The van der Waals surface area contributed by atoms with E-state index in [1.165, 1.54) is 31.4 Å². The number of ether oxygens (including phenoxy) is 1. The van der Waals surface area contributed by atoms with E-state index in [1.807, 2.05) is 30.3 Å². The van der Waals surface area contributed by atoms with E-state index < -0.39 is 0 Å². The van der Waals surface area contributed by atoms with Gasteiger partial charge in [0.1, 0.15) is 17.9 Å². The van der Waals surface area contributed by atoms with Crippen molar-refractivity contribution in [1.29, 1.82) is 0 Å². The van der Waals surface area contributed by atoms with Crippen LogP contribution in [0.4, 0.5) is 11.5 Å². The maximum absolute atomic E-state index is 13.0. The van der Waals surface area contributed by atoms with Gasteiger partial charge in [0.05, 0.1) is 24.9 Å².